The summed E-state index contributed by atoms with van der Waals surface area (Å²) >= 11 is 0. The standard InChI is InChI=1S/C8H12N2O2S/c1-10-8-5-6(13(2,11)12)3-4-7(8)9/h3-5,10H,9H2,1-2H3. The van der Waals surface area contributed by atoms with Crippen molar-refractivity contribution in [3.8, 4) is 0 Å². The number of sulfone groups is 1. The first-order chi connectivity index (χ1) is 5.95. The number of nitrogens with one attached hydrogen (secondary N) is 1. The Kier molecular flexibility index (Phi) is 2.47. The molecule has 0 radical (unpaired) electrons. The van der Waals surface area contributed by atoms with Crippen molar-refractivity contribution in [3.63, 3.8) is 0 Å². The molecule has 0 saturated carbocycles. The molecule has 0 aromatic heterocycles. The lowest BCUT2D eigenvalue weighted by Crippen LogP contribution is -2.01. The van der Waals surface area contributed by atoms with Crippen LogP contribution >= 0.6 is 0 Å². The second kappa shape index (κ2) is 3.26. The largest absolute Gasteiger partial charge is 0.397 e. The normalized spacial score (nSPS) is 11.2. The zero-order valence-corrected chi connectivity index (χ0v) is 8.35. The van der Waals surface area contributed by atoms with E-state index in [0.717, 1.165) is 6.26 Å². The molecule has 0 fully saturated rings. The Morgan fingerprint density at radius 1 is 1.38 bits per heavy atom. The minimum Gasteiger partial charge on any atom is -0.397 e. The lowest BCUT2D eigenvalue weighted by atomic mass is 10.3. The van der Waals surface area contributed by atoms with Gasteiger partial charge in [0, 0.05) is 13.3 Å². The van der Waals surface area contributed by atoms with Crippen molar-refractivity contribution in [2.24, 2.45) is 0 Å². The number of rotatable bonds is 2. The van der Waals surface area contributed by atoms with E-state index < -0.39 is 9.84 Å². The quantitative estimate of drug-likeness (QED) is 0.690. The summed E-state index contributed by atoms with van der Waals surface area (Å²) in [6, 6.07) is 4.58. The molecule has 0 saturated heterocycles. The maximum Gasteiger partial charge on any atom is 0.175 e. The summed E-state index contributed by atoms with van der Waals surface area (Å²) in [6.45, 7) is 0. The van der Waals surface area contributed by atoms with Crippen molar-refractivity contribution in [2.75, 3.05) is 24.4 Å². The van der Waals surface area contributed by atoms with E-state index in [0.29, 0.717) is 11.4 Å². The number of nitrogen functional groups attached to an aromatic ring is 1. The minimum absolute atomic E-state index is 0.269. The van der Waals surface area contributed by atoms with Crippen LogP contribution in [0, 0.1) is 0 Å². The van der Waals surface area contributed by atoms with Crippen molar-refractivity contribution in [1.29, 1.82) is 0 Å². The Bertz CT molecular complexity index is 412. The predicted molar refractivity (Wildman–Crippen MR) is 53.5 cm³/mol. The van der Waals surface area contributed by atoms with Crippen LogP contribution < -0.4 is 11.1 Å². The Morgan fingerprint density at radius 3 is 2.46 bits per heavy atom. The molecule has 1 rings (SSSR count). The summed E-state index contributed by atoms with van der Waals surface area (Å²) in [4.78, 5) is 0.269. The van der Waals surface area contributed by atoms with Crippen molar-refractivity contribution in [3.05, 3.63) is 18.2 Å². The second-order valence-corrected chi connectivity index (χ2v) is 4.79. The first-order valence-corrected chi connectivity index (χ1v) is 5.61. The van der Waals surface area contributed by atoms with Gasteiger partial charge in [0.1, 0.15) is 0 Å². The molecule has 0 aliphatic heterocycles. The summed E-state index contributed by atoms with van der Waals surface area (Å²) < 4.78 is 22.3. The van der Waals surface area contributed by atoms with Crippen LogP contribution in [-0.4, -0.2) is 21.7 Å². The van der Waals surface area contributed by atoms with Gasteiger partial charge in [0.2, 0.25) is 0 Å². The number of hydrogen-bond donors (Lipinski definition) is 2. The molecule has 0 spiro atoms. The molecule has 3 N–H and O–H groups in total. The highest BCUT2D eigenvalue weighted by atomic mass is 32.2. The number of benzene rings is 1. The van der Waals surface area contributed by atoms with Gasteiger partial charge < -0.3 is 11.1 Å². The topological polar surface area (TPSA) is 72.2 Å². The lowest BCUT2D eigenvalue weighted by molar-refractivity contribution is 0.602. The molecule has 0 unspecified atom stereocenters. The molecule has 0 aliphatic carbocycles. The average Bonchev–Trinajstić information content (AvgIpc) is 2.03. The molecule has 5 heteroatoms. The van der Waals surface area contributed by atoms with Gasteiger partial charge in [-0.15, -0.1) is 0 Å². The molecule has 0 amide bonds. The van der Waals surface area contributed by atoms with E-state index in [1.165, 1.54) is 12.1 Å². The van der Waals surface area contributed by atoms with Gasteiger partial charge in [-0.3, -0.25) is 0 Å². The third-order valence-electron chi connectivity index (χ3n) is 1.72. The highest BCUT2D eigenvalue weighted by Gasteiger charge is 2.08. The third kappa shape index (κ3) is 2.12. The molecular formula is C8H12N2O2S. The van der Waals surface area contributed by atoms with E-state index in [4.69, 9.17) is 5.73 Å². The molecule has 0 aliphatic rings. The first kappa shape index (κ1) is 9.85. The minimum atomic E-state index is -3.15. The van der Waals surface area contributed by atoms with Crippen LogP contribution in [-0.2, 0) is 9.84 Å². The molecule has 1 aromatic carbocycles. The van der Waals surface area contributed by atoms with Gasteiger partial charge in [0.05, 0.1) is 16.3 Å². The van der Waals surface area contributed by atoms with Crippen LogP contribution in [0.3, 0.4) is 0 Å². The summed E-state index contributed by atoms with van der Waals surface area (Å²) in [7, 11) is -1.46. The van der Waals surface area contributed by atoms with Gasteiger partial charge >= 0.3 is 0 Å². The maximum absolute atomic E-state index is 11.1. The molecule has 4 nitrogen and oxygen atoms in total. The molecule has 13 heavy (non-hydrogen) atoms. The van der Waals surface area contributed by atoms with Gasteiger partial charge in [-0.1, -0.05) is 0 Å². The van der Waals surface area contributed by atoms with Crippen LogP contribution in [0.15, 0.2) is 23.1 Å². The van der Waals surface area contributed by atoms with E-state index in [-0.39, 0.29) is 4.90 Å². The highest BCUT2D eigenvalue weighted by molar-refractivity contribution is 7.90. The fourth-order valence-corrected chi connectivity index (χ4v) is 1.63. The molecule has 72 valence electrons. The van der Waals surface area contributed by atoms with Crippen molar-refractivity contribution in [2.45, 2.75) is 4.90 Å². The highest BCUT2D eigenvalue weighted by Crippen LogP contribution is 2.21. The Hall–Kier alpha value is -1.23. The SMILES string of the molecule is CNc1cc(S(C)(=O)=O)ccc1N. The van der Waals surface area contributed by atoms with Gasteiger partial charge in [-0.25, -0.2) is 8.42 Å². The van der Waals surface area contributed by atoms with Crippen LogP contribution in [0.4, 0.5) is 11.4 Å². The van der Waals surface area contributed by atoms with Gasteiger partial charge in [0.15, 0.2) is 9.84 Å². The number of hydrogen-bond acceptors (Lipinski definition) is 4. The molecule has 0 bridgehead atoms. The fourth-order valence-electron chi connectivity index (χ4n) is 0.983. The third-order valence-corrected chi connectivity index (χ3v) is 2.83. The van der Waals surface area contributed by atoms with Gasteiger partial charge in [-0.2, -0.15) is 0 Å². The molecule has 0 atom stereocenters. The summed E-state index contributed by atoms with van der Waals surface area (Å²) in [5.74, 6) is 0. The van der Waals surface area contributed by atoms with E-state index in [1.807, 2.05) is 0 Å². The van der Waals surface area contributed by atoms with Crippen LogP contribution in [0.25, 0.3) is 0 Å². The Labute approximate surface area is 77.7 Å². The summed E-state index contributed by atoms with van der Waals surface area (Å²) in [5, 5.41) is 2.82. The zero-order chi connectivity index (χ0) is 10.1. The van der Waals surface area contributed by atoms with E-state index in [9.17, 15) is 8.42 Å². The van der Waals surface area contributed by atoms with E-state index in [2.05, 4.69) is 5.32 Å². The van der Waals surface area contributed by atoms with Crippen LogP contribution in [0.2, 0.25) is 0 Å². The van der Waals surface area contributed by atoms with E-state index >= 15 is 0 Å². The average molecular weight is 200 g/mol. The molecule has 1 aromatic rings. The van der Waals surface area contributed by atoms with Crippen molar-refractivity contribution in [1.82, 2.24) is 0 Å². The van der Waals surface area contributed by atoms with Gasteiger partial charge in [-0.05, 0) is 18.2 Å². The summed E-state index contributed by atoms with van der Waals surface area (Å²) in [5.41, 5.74) is 6.75. The predicted octanol–water partition coefficient (Wildman–Crippen LogP) is 0.714. The van der Waals surface area contributed by atoms with Crippen molar-refractivity contribution < 1.29 is 8.42 Å². The zero-order valence-electron chi connectivity index (χ0n) is 7.53. The number of nitrogens with two attached hydrogens (primary N) is 1. The van der Waals surface area contributed by atoms with Crippen molar-refractivity contribution >= 4 is 21.2 Å². The van der Waals surface area contributed by atoms with Crippen LogP contribution in [0.1, 0.15) is 0 Å². The summed E-state index contributed by atoms with van der Waals surface area (Å²) in [6.07, 6.45) is 1.16. The second-order valence-electron chi connectivity index (χ2n) is 2.77. The monoisotopic (exact) mass is 200 g/mol. The van der Waals surface area contributed by atoms with Crippen LogP contribution in [0.5, 0.6) is 0 Å². The number of anilines is 2. The maximum atomic E-state index is 11.1. The fraction of sp³-hybridized carbons (Fsp3) is 0.250. The van der Waals surface area contributed by atoms with Gasteiger partial charge in [0.25, 0.3) is 0 Å². The lowest BCUT2D eigenvalue weighted by Gasteiger charge is -2.06. The Morgan fingerprint density at radius 2 is 2.00 bits per heavy atom. The van der Waals surface area contributed by atoms with E-state index in [1.54, 1.807) is 13.1 Å². The smallest absolute Gasteiger partial charge is 0.175 e. The molecule has 0 heterocycles. The molecular weight excluding hydrogens is 188 g/mol. The first-order valence-electron chi connectivity index (χ1n) is 3.72. The Balaban J connectivity index is 3.30.